The molecule has 194 valence electrons. The number of rotatable bonds is 19. The SMILES string of the molecule is CCCCCCCC/C=C\CCCCCCCC(=O)NC(Cc1c[nH]c2ccccc12)C(=O)OC. The molecule has 1 aromatic heterocycles. The van der Waals surface area contributed by atoms with E-state index in [4.69, 9.17) is 4.74 Å². The summed E-state index contributed by atoms with van der Waals surface area (Å²) in [6.07, 6.45) is 23.4. The number of hydrogen-bond donors (Lipinski definition) is 2. The molecular formula is C30H46N2O3. The van der Waals surface area contributed by atoms with Crippen LogP contribution in [0.15, 0.2) is 42.6 Å². The molecule has 0 aliphatic carbocycles. The monoisotopic (exact) mass is 482 g/mol. The van der Waals surface area contributed by atoms with E-state index in [1.54, 1.807) is 0 Å². The van der Waals surface area contributed by atoms with E-state index in [1.165, 1.54) is 64.9 Å². The average molecular weight is 483 g/mol. The molecule has 0 fully saturated rings. The van der Waals surface area contributed by atoms with Gasteiger partial charge in [0.1, 0.15) is 6.04 Å². The van der Waals surface area contributed by atoms with Gasteiger partial charge in [-0.1, -0.05) is 88.6 Å². The Bertz CT molecular complexity index is 887. The van der Waals surface area contributed by atoms with Gasteiger partial charge in [-0.15, -0.1) is 0 Å². The number of esters is 1. The summed E-state index contributed by atoms with van der Waals surface area (Å²) >= 11 is 0. The summed E-state index contributed by atoms with van der Waals surface area (Å²) in [4.78, 5) is 28.0. The molecule has 2 rings (SSSR count). The predicted molar refractivity (Wildman–Crippen MR) is 145 cm³/mol. The van der Waals surface area contributed by atoms with Gasteiger partial charge in [0.15, 0.2) is 0 Å². The maximum absolute atomic E-state index is 12.5. The van der Waals surface area contributed by atoms with Crippen molar-refractivity contribution in [3.05, 3.63) is 48.2 Å². The second kappa shape index (κ2) is 17.8. The number of fused-ring (bicyclic) bond motifs is 1. The lowest BCUT2D eigenvalue weighted by molar-refractivity contribution is -0.145. The van der Waals surface area contributed by atoms with Gasteiger partial charge in [-0.3, -0.25) is 4.79 Å². The molecule has 2 N–H and O–H groups in total. The van der Waals surface area contributed by atoms with E-state index in [0.717, 1.165) is 42.1 Å². The molecule has 1 heterocycles. The minimum Gasteiger partial charge on any atom is -0.467 e. The Morgan fingerprint density at radius 3 is 2.23 bits per heavy atom. The van der Waals surface area contributed by atoms with E-state index < -0.39 is 12.0 Å². The van der Waals surface area contributed by atoms with Crippen molar-refractivity contribution in [2.24, 2.45) is 0 Å². The van der Waals surface area contributed by atoms with Crippen LogP contribution in [0.2, 0.25) is 0 Å². The second-order valence-corrected chi connectivity index (χ2v) is 9.54. The van der Waals surface area contributed by atoms with Gasteiger partial charge in [0, 0.05) is 29.9 Å². The standard InChI is InChI=1S/C30H46N2O3/c1-3-4-5-6-7-8-9-10-11-12-13-14-15-16-17-22-29(33)32-28(30(34)35-2)23-25-24-31-27-21-19-18-20-26(25)27/h10-11,18-21,24,28,31H,3-9,12-17,22-23H2,1-2H3,(H,32,33)/b11-10-. The highest BCUT2D eigenvalue weighted by atomic mass is 16.5. The number of benzene rings is 1. The molecule has 0 spiro atoms. The van der Waals surface area contributed by atoms with Crippen LogP contribution in [-0.4, -0.2) is 30.0 Å². The van der Waals surface area contributed by atoms with Crippen LogP contribution in [0, 0.1) is 0 Å². The third kappa shape index (κ3) is 11.6. The van der Waals surface area contributed by atoms with Crippen LogP contribution in [0.3, 0.4) is 0 Å². The zero-order valence-electron chi connectivity index (χ0n) is 22.0. The molecule has 35 heavy (non-hydrogen) atoms. The number of aromatic nitrogens is 1. The fourth-order valence-corrected chi connectivity index (χ4v) is 4.48. The Kier molecular flexibility index (Phi) is 14.6. The first-order chi connectivity index (χ1) is 17.2. The molecule has 0 saturated heterocycles. The lowest BCUT2D eigenvalue weighted by atomic mass is 10.0. The van der Waals surface area contributed by atoms with Crippen molar-refractivity contribution in [3.8, 4) is 0 Å². The summed E-state index contributed by atoms with van der Waals surface area (Å²) in [6.45, 7) is 2.26. The number of carbonyl (C=O) groups is 2. The fraction of sp³-hybridized carbons (Fsp3) is 0.600. The van der Waals surface area contributed by atoms with Crippen molar-refractivity contribution in [3.63, 3.8) is 0 Å². The van der Waals surface area contributed by atoms with Crippen molar-refractivity contribution in [2.45, 2.75) is 109 Å². The van der Waals surface area contributed by atoms with E-state index in [9.17, 15) is 9.59 Å². The number of ether oxygens (including phenoxy) is 1. The van der Waals surface area contributed by atoms with Crippen LogP contribution in [0.25, 0.3) is 10.9 Å². The first kappa shape index (κ1) is 28.7. The molecular weight excluding hydrogens is 436 g/mol. The highest BCUT2D eigenvalue weighted by molar-refractivity contribution is 5.87. The van der Waals surface area contributed by atoms with Gasteiger partial charge in [0.2, 0.25) is 5.91 Å². The lowest BCUT2D eigenvalue weighted by Gasteiger charge is -2.16. The van der Waals surface area contributed by atoms with Gasteiger partial charge in [0.25, 0.3) is 0 Å². The molecule has 5 heteroatoms. The molecule has 0 saturated carbocycles. The van der Waals surface area contributed by atoms with Crippen LogP contribution in [0.1, 0.15) is 102 Å². The number of hydrogen-bond acceptors (Lipinski definition) is 3. The molecule has 1 amide bonds. The Morgan fingerprint density at radius 2 is 1.54 bits per heavy atom. The quantitative estimate of drug-likeness (QED) is 0.124. The molecule has 5 nitrogen and oxygen atoms in total. The smallest absolute Gasteiger partial charge is 0.328 e. The largest absolute Gasteiger partial charge is 0.467 e. The van der Waals surface area contributed by atoms with E-state index in [1.807, 2.05) is 30.5 Å². The number of carbonyl (C=O) groups excluding carboxylic acids is 2. The molecule has 1 unspecified atom stereocenters. The number of methoxy groups -OCH3 is 1. The van der Waals surface area contributed by atoms with Gasteiger partial charge >= 0.3 is 5.97 Å². The summed E-state index contributed by atoms with van der Waals surface area (Å²) in [7, 11) is 1.36. The Balaban J connectivity index is 1.55. The molecule has 0 radical (unpaired) electrons. The minimum absolute atomic E-state index is 0.0853. The normalized spacial score (nSPS) is 12.3. The zero-order valence-corrected chi connectivity index (χ0v) is 22.0. The third-order valence-electron chi connectivity index (χ3n) is 6.59. The maximum atomic E-state index is 12.5. The van der Waals surface area contributed by atoms with Crippen LogP contribution in [0.5, 0.6) is 0 Å². The first-order valence-electron chi connectivity index (χ1n) is 13.7. The summed E-state index contributed by atoms with van der Waals surface area (Å²) in [6, 6.07) is 7.28. The Morgan fingerprint density at radius 1 is 0.914 bits per heavy atom. The van der Waals surface area contributed by atoms with E-state index in [0.29, 0.717) is 12.8 Å². The average Bonchev–Trinajstić information content (AvgIpc) is 3.28. The predicted octanol–water partition coefficient (Wildman–Crippen LogP) is 7.41. The highest BCUT2D eigenvalue weighted by Gasteiger charge is 2.23. The fourth-order valence-electron chi connectivity index (χ4n) is 4.48. The summed E-state index contributed by atoms with van der Waals surface area (Å²) in [5.41, 5.74) is 2.02. The Labute approximate surface area is 212 Å². The van der Waals surface area contributed by atoms with Gasteiger partial charge in [-0.05, 0) is 43.7 Å². The molecule has 1 atom stereocenters. The van der Waals surface area contributed by atoms with Gasteiger partial charge < -0.3 is 15.0 Å². The van der Waals surface area contributed by atoms with Crippen molar-refractivity contribution in [1.29, 1.82) is 0 Å². The maximum Gasteiger partial charge on any atom is 0.328 e. The Hall–Kier alpha value is -2.56. The van der Waals surface area contributed by atoms with E-state index >= 15 is 0 Å². The van der Waals surface area contributed by atoms with Gasteiger partial charge in [-0.25, -0.2) is 4.79 Å². The minimum atomic E-state index is -0.671. The van der Waals surface area contributed by atoms with E-state index in [2.05, 4.69) is 29.4 Å². The molecule has 1 aromatic carbocycles. The summed E-state index contributed by atoms with van der Waals surface area (Å²) in [5.74, 6) is -0.494. The number of allylic oxidation sites excluding steroid dienone is 2. The lowest BCUT2D eigenvalue weighted by Crippen LogP contribution is -2.42. The third-order valence-corrected chi connectivity index (χ3v) is 6.59. The number of unbranched alkanes of at least 4 members (excludes halogenated alkanes) is 11. The number of para-hydroxylation sites is 1. The second-order valence-electron chi connectivity index (χ2n) is 9.54. The molecule has 2 aromatic rings. The van der Waals surface area contributed by atoms with Gasteiger partial charge in [0.05, 0.1) is 7.11 Å². The molecule has 0 aliphatic rings. The zero-order chi connectivity index (χ0) is 25.1. The number of nitrogens with one attached hydrogen (secondary N) is 2. The van der Waals surface area contributed by atoms with Crippen molar-refractivity contribution in [1.82, 2.24) is 10.3 Å². The van der Waals surface area contributed by atoms with Crippen molar-refractivity contribution < 1.29 is 14.3 Å². The summed E-state index contributed by atoms with van der Waals surface area (Å²) in [5, 5.41) is 3.95. The first-order valence-corrected chi connectivity index (χ1v) is 13.7. The van der Waals surface area contributed by atoms with Crippen LogP contribution < -0.4 is 5.32 Å². The molecule has 0 aliphatic heterocycles. The van der Waals surface area contributed by atoms with Crippen LogP contribution >= 0.6 is 0 Å². The van der Waals surface area contributed by atoms with E-state index in [-0.39, 0.29) is 5.91 Å². The number of H-pyrrole nitrogens is 1. The topological polar surface area (TPSA) is 71.2 Å². The van der Waals surface area contributed by atoms with Crippen molar-refractivity contribution >= 4 is 22.8 Å². The van der Waals surface area contributed by atoms with Crippen LogP contribution in [-0.2, 0) is 20.7 Å². The number of amides is 1. The molecule has 0 bridgehead atoms. The van der Waals surface area contributed by atoms with Crippen LogP contribution in [0.4, 0.5) is 0 Å². The highest BCUT2D eigenvalue weighted by Crippen LogP contribution is 2.19. The van der Waals surface area contributed by atoms with Gasteiger partial charge in [-0.2, -0.15) is 0 Å². The summed E-state index contributed by atoms with van der Waals surface area (Å²) < 4.78 is 4.94. The van der Waals surface area contributed by atoms with Crippen molar-refractivity contribution in [2.75, 3.05) is 7.11 Å². The number of aromatic amines is 1.